The van der Waals surface area contributed by atoms with Crippen LogP contribution in [0.1, 0.15) is 18.5 Å². The van der Waals surface area contributed by atoms with E-state index in [0.29, 0.717) is 5.56 Å². The van der Waals surface area contributed by atoms with Crippen molar-refractivity contribution < 1.29 is 8.78 Å². The summed E-state index contributed by atoms with van der Waals surface area (Å²) in [5, 5.41) is 3.24. The van der Waals surface area contributed by atoms with Crippen molar-refractivity contribution in [3.05, 3.63) is 64.1 Å². The van der Waals surface area contributed by atoms with Crippen molar-refractivity contribution in [3.63, 3.8) is 0 Å². The molecule has 0 fully saturated rings. The molecule has 0 heterocycles. The van der Waals surface area contributed by atoms with Crippen LogP contribution in [0.2, 0.25) is 0 Å². The van der Waals surface area contributed by atoms with Crippen LogP contribution in [-0.4, -0.2) is 0 Å². The van der Waals surface area contributed by atoms with Crippen LogP contribution >= 0.6 is 15.9 Å². The predicted molar refractivity (Wildman–Crippen MR) is 72.5 cm³/mol. The molecular weight excluding hydrogens is 300 g/mol. The molecule has 1 atom stereocenters. The van der Waals surface area contributed by atoms with Crippen LogP contribution in [0.5, 0.6) is 0 Å². The SMILES string of the molecule is CC(Nc1ccccc1Br)c1ccc(F)c(F)c1. The summed E-state index contributed by atoms with van der Waals surface area (Å²) in [5.74, 6) is -1.65. The van der Waals surface area contributed by atoms with E-state index in [9.17, 15) is 8.78 Å². The van der Waals surface area contributed by atoms with E-state index in [4.69, 9.17) is 0 Å². The number of para-hydroxylation sites is 1. The van der Waals surface area contributed by atoms with Crippen LogP contribution in [-0.2, 0) is 0 Å². The normalized spacial score (nSPS) is 12.2. The molecule has 18 heavy (non-hydrogen) atoms. The highest BCUT2D eigenvalue weighted by atomic mass is 79.9. The second kappa shape index (κ2) is 5.48. The highest BCUT2D eigenvalue weighted by molar-refractivity contribution is 9.10. The fourth-order valence-electron chi connectivity index (χ4n) is 1.68. The lowest BCUT2D eigenvalue weighted by molar-refractivity contribution is 0.506. The zero-order valence-electron chi connectivity index (χ0n) is 9.75. The first kappa shape index (κ1) is 13.0. The summed E-state index contributed by atoms with van der Waals surface area (Å²) < 4.78 is 26.9. The molecule has 0 bridgehead atoms. The minimum atomic E-state index is -0.827. The Balaban J connectivity index is 2.19. The summed E-state index contributed by atoms with van der Waals surface area (Å²) in [7, 11) is 0. The van der Waals surface area contributed by atoms with E-state index in [-0.39, 0.29) is 6.04 Å². The maximum absolute atomic E-state index is 13.1. The van der Waals surface area contributed by atoms with Gasteiger partial charge in [0.25, 0.3) is 0 Å². The number of benzene rings is 2. The van der Waals surface area contributed by atoms with Crippen LogP contribution in [0.4, 0.5) is 14.5 Å². The van der Waals surface area contributed by atoms with Gasteiger partial charge in [0, 0.05) is 16.2 Å². The molecule has 1 nitrogen and oxygen atoms in total. The quantitative estimate of drug-likeness (QED) is 0.850. The lowest BCUT2D eigenvalue weighted by atomic mass is 10.1. The van der Waals surface area contributed by atoms with Gasteiger partial charge in [0.2, 0.25) is 0 Å². The Morgan fingerprint density at radius 3 is 2.44 bits per heavy atom. The number of hydrogen-bond donors (Lipinski definition) is 1. The summed E-state index contributed by atoms with van der Waals surface area (Å²) in [6.07, 6.45) is 0. The van der Waals surface area contributed by atoms with E-state index in [0.717, 1.165) is 16.2 Å². The molecule has 2 aromatic carbocycles. The molecule has 0 aromatic heterocycles. The molecule has 1 unspecified atom stereocenters. The molecule has 4 heteroatoms. The molecule has 0 aliphatic carbocycles. The maximum Gasteiger partial charge on any atom is 0.159 e. The van der Waals surface area contributed by atoms with Gasteiger partial charge >= 0.3 is 0 Å². The largest absolute Gasteiger partial charge is 0.378 e. The lowest BCUT2D eigenvalue weighted by Gasteiger charge is -2.17. The number of halogens is 3. The van der Waals surface area contributed by atoms with Crippen LogP contribution < -0.4 is 5.32 Å². The van der Waals surface area contributed by atoms with Crippen molar-refractivity contribution in [2.45, 2.75) is 13.0 Å². The van der Waals surface area contributed by atoms with Gasteiger partial charge in [-0.15, -0.1) is 0 Å². The summed E-state index contributed by atoms with van der Waals surface area (Å²) in [4.78, 5) is 0. The van der Waals surface area contributed by atoms with Gasteiger partial charge in [-0.05, 0) is 52.7 Å². The summed E-state index contributed by atoms with van der Waals surface area (Å²) in [6, 6.07) is 11.5. The van der Waals surface area contributed by atoms with Crippen LogP contribution in [0.25, 0.3) is 0 Å². The van der Waals surface area contributed by atoms with Crippen LogP contribution in [0.3, 0.4) is 0 Å². The zero-order valence-corrected chi connectivity index (χ0v) is 11.3. The van der Waals surface area contributed by atoms with Gasteiger partial charge in [-0.2, -0.15) is 0 Å². The standard InChI is InChI=1S/C14H12BrF2N/c1-9(10-6-7-12(16)13(17)8-10)18-14-5-3-2-4-11(14)15/h2-9,18H,1H3. The van der Waals surface area contributed by atoms with Gasteiger partial charge < -0.3 is 5.32 Å². The average Bonchev–Trinajstić information content (AvgIpc) is 2.35. The Morgan fingerprint density at radius 1 is 1.06 bits per heavy atom. The fraction of sp³-hybridized carbons (Fsp3) is 0.143. The molecule has 0 saturated carbocycles. The summed E-state index contributed by atoms with van der Waals surface area (Å²) >= 11 is 3.43. The topological polar surface area (TPSA) is 12.0 Å². The second-order valence-electron chi connectivity index (χ2n) is 4.02. The molecule has 0 radical (unpaired) electrons. The van der Waals surface area contributed by atoms with Gasteiger partial charge in [0.1, 0.15) is 0 Å². The maximum atomic E-state index is 13.1. The average molecular weight is 312 g/mol. The third-order valence-electron chi connectivity index (χ3n) is 2.69. The lowest BCUT2D eigenvalue weighted by Crippen LogP contribution is -2.07. The van der Waals surface area contributed by atoms with Gasteiger partial charge in [-0.1, -0.05) is 18.2 Å². The van der Waals surface area contributed by atoms with E-state index < -0.39 is 11.6 Å². The summed E-state index contributed by atoms with van der Waals surface area (Å²) in [5.41, 5.74) is 1.61. The Bertz CT molecular complexity index is 557. The smallest absolute Gasteiger partial charge is 0.159 e. The van der Waals surface area contributed by atoms with Crippen molar-refractivity contribution in [3.8, 4) is 0 Å². The van der Waals surface area contributed by atoms with E-state index in [1.54, 1.807) is 6.07 Å². The molecule has 0 saturated heterocycles. The third kappa shape index (κ3) is 2.88. The fourth-order valence-corrected chi connectivity index (χ4v) is 2.08. The molecule has 0 aliphatic rings. The van der Waals surface area contributed by atoms with Gasteiger partial charge in [-0.25, -0.2) is 8.78 Å². The second-order valence-corrected chi connectivity index (χ2v) is 4.87. The number of anilines is 1. The van der Waals surface area contributed by atoms with E-state index in [1.807, 2.05) is 31.2 Å². The molecule has 0 aliphatic heterocycles. The monoisotopic (exact) mass is 311 g/mol. The van der Waals surface area contributed by atoms with E-state index >= 15 is 0 Å². The Kier molecular flexibility index (Phi) is 3.97. The highest BCUT2D eigenvalue weighted by Gasteiger charge is 2.10. The van der Waals surface area contributed by atoms with Crippen molar-refractivity contribution in [1.29, 1.82) is 0 Å². The molecule has 1 N–H and O–H groups in total. The van der Waals surface area contributed by atoms with Crippen LogP contribution in [0.15, 0.2) is 46.9 Å². The third-order valence-corrected chi connectivity index (χ3v) is 3.38. The number of hydrogen-bond acceptors (Lipinski definition) is 1. The number of rotatable bonds is 3. The van der Waals surface area contributed by atoms with E-state index in [1.165, 1.54) is 6.07 Å². The molecule has 2 aromatic rings. The molecule has 2 rings (SSSR count). The van der Waals surface area contributed by atoms with Crippen molar-refractivity contribution in [2.75, 3.05) is 5.32 Å². The summed E-state index contributed by atoms with van der Waals surface area (Å²) in [6.45, 7) is 1.89. The zero-order chi connectivity index (χ0) is 13.1. The van der Waals surface area contributed by atoms with Gasteiger partial charge in [-0.3, -0.25) is 0 Å². The first-order valence-corrected chi connectivity index (χ1v) is 6.33. The minimum Gasteiger partial charge on any atom is -0.378 e. The molecule has 0 amide bonds. The van der Waals surface area contributed by atoms with Crippen molar-refractivity contribution in [1.82, 2.24) is 0 Å². The Labute approximate surface area is 113 Å². The number of nitrogens with one attached hydrogen (secondary N) is 1. The van der Waals surface area contributed by atoms with Gasteiger partial charge in [0.15, 0.2) is 11.6 Å². The first-order valence-electron chi connectivity index (χ1n) is 5.54. The predicted octanol–water partition coefficient (Wildman–Crippen LogP) is 4.90. The van der Waals surface area contributed by atoms with Gasteiger partial charge in [0.05, 0.1) is 0 Å². The minimum absolute atomic E-state index is 0.112. The molecular formula is C14H12BrF2N. The molecule has 94 valence electrons. The van der Waals surface area contributed by atoms with E-state index in [2.05, 4.69) is 21.2 Å². The van der Waals surface area contributed by atoms with Crippen molar-refractivity contribution >= 4 is 21.6 Å². The Morgan fingerprint density at radius 2 is 1.78 bits per heavy atom. The van der Waals surface area contributed by atoms with Crippen molar-refractivity contribution in [2.24, 2.45) is 0 Å². The highest BCUT2D eigenvalue weighted by Crippen LogP contribution is 2.26. The van der Waals surface area contributed by atoms with Crippen LogP contribution in [0, 0.1) is 11.6 Å². The first-order chi connectivity index (χ1) is 8.58. The molecule has 0 spiro atoms. The Hall–Kier alpha value is -1.42.